The Balaban J connectivity index is 1.66. The van der Waals surface area contributed by atoms with Crippen molar-refractivity contribution in [3.63, 3.8) is 0 Å². The summed E-state index contributed by atoms with van der Waals surface area (Å²) in [5, 5.41) is 12.8. The molecule has 1 aliphatic carbocycles. The molecule has 1 N–H and O–H groups in total. The van der Waals surface area contributed by atoms with Crippen molar-refractivity contribution < 1.29 is 14.6 Å². The Labute approximate surface area is 181 Å². The quantitative estimate of drug-likeness (QED) is 0.585. The molecule has 6 rings (SSSR count). The number of hydrogen-bond donors (Lipinski definition) is 1. The third-order valence-corrected chi connectivity index (χ3v) is 7.32. The van der Waals surface area contributed by atoms with Crippen molar-refractivity contribution in [2.75, 3.05) is 6.61 Å². The first kappa shape index (κ1) is 17.9. The van der Waals surface area contributed by atoms with Gasteiger partial charge < -0.3 is 14.6 Å². The summed E-state index contributed by atoms with van der Waals surface area (Å²) in [6.07, 6.45) is 1.16. The Morgan fingerprint density at radius 3 is 2.55 bits per heavy atom. The van der Waals surface area contributed by atoms with Crippen LogP contribution < -0.4 is 4.74 Å². The highest BCUT2D eigenvalue weighted by molar-refractivity contribution is 9.10. The fourth-order valence-electron chi connectivity index (χ4n) is 5.46. The summed E-state index contributed by atoms with van der Waals surface area (Å²) in [5.41, 5.74) is 0.0381. The smallest absolute Gasteiger partial charge is 0.181 e. The van der Waals surface area contributed by atoms with Gasteiger partial charge in [0, 0.05) is 28.6 Å². The molecule has 3 aromatic rings. The zero-order valence-corrected chi connectivity index (χ0v) is 17.6. The second kappa shape index (κ2) is 6.05. The van der Waals surface area contributed by atoms with Gasteiger partial charge in [-0.05, 0) is 23.3 Å². The first-order valence-corrected chi connectivity index (χ1v) is 10.7. The van der Waals surface area contributed by atoms with Crippen molar-refractivity contribution in [1.82, 2.24) is 4.98 Å². The van der Waals surface area contributed by atoms with Crippen LogP contribution in [0, 0.1) is 5.92 Å². The van der Waals surface area contributed by atoms with Crippen LogP contribution in [0.4, 0.5) is 0 Å². The fraction of sp³-hybridized carbons (Fsp3) is 0.261. The zero-order chi connectivity index (χ0) is 19.8. The lowest BCUT2D eigenvalue weighted by Gasteiger charge is -2.40. The van der Waals surface area contributed by atoms with Gasteiger partial charge in [-0.2, -0.15) is 0 Å². The van der Waals surface area contributed by atoms with Gasteiger partial charge in [0.2, 0.25) is 0 Å². The lowest BCUT2D eigenvalue weighted by molar-refractivity contribution is -0.208. The van der Waals surface area contributed by atoms with Gasteiger partial charge in [0.25, 0.3) is 0 Å². The highest BCUT2D eigenvalue weighted by Gasteiger charge is 2.79. The highest BCUT2D eigenvalue weighted by Crippen LogP contribution is 2.70. The number of benzene rings is 2. The molecule has 0 bridgehead atoms. The van der Waals surface area contributed by atoms with Crippen molar-refractivity contribution in [2.45, 2.75) is 23.2 Å². The van der Waals surface area contributed by atoms with Gasteiger partial charge >= 0.3 is 0 Å². The number of rotatable bonds is 2. The molecular weight excluding hydrogens is 454 g/mol. The number of nitrogens with zero attached hydrogens (tertiary/aromatic N) is 1. The zero-order valence-electron chi connectivity index (χ0n) is 15.3. The van der Waals surface area contributed by atoms with Crippen LogP contribution in [0.1, 0.15) is 22.7 Å². The summed E-state index contributed by atoms with van der Waals surface area (Å²) in [6.45, 7) is 0.580. The molecule has 5 unspecified atom stereocenters. The first-order valence-electron chi connectivity index (χ1n) is 9.56. The number of hydrogen-bond acceptors (Lipinski definition) is 4. The number of halogens is 2. The van der Waals surface area contributed by atoms with Crippen molar-refractivity contribution in [3.05, 3.63) is 93.2 Å². The summed E-state index contributed by atoms with van der Waals surface area (Å²) >= 11 is 9.72. The van der Waals surface area contributed by atoms with Crippen LogP contribution in [0.2, 0.25) is 5.02 Å². The molecule has 0 spiro atoms. The molecule has 2 aromatic carbocycles. The second-order valence-electron chi connectivity index (χ2n) is 7.92. The fourth-order valence-corrected chi connectivity index (χ4v) is 5.88. The van der Waals surface area contributed by atoms with Crippen LogP contribution in [-0.4, -0.2) is 22.8 Å². The predicted molar refractivity (Wildman–Crippen MR) is 112 cm³/mol. The highest BCUT2D eigenvalue weighted by atomic mass is 79.9. The standard InChI is InChI=1S/C23H17BrClNO3/c24-15-8-6-14(7-9-15)23-19(13-4-2-1-3-5-13)17-12-28-21(17)22(23,27)20-18(29-23)10-16(25)11-26-20/h1-11,17,19,21,27H,12H2. The minimum absolute atomic E-state index is 0.0957. The summed E-state index contributed by atoms with van der Waals surface area (Å²) < 4.78 is 13.6. The van der Waals surface area contributed by atoms with Crippen LogP contribution >= 0.6 is 27.5 Å². The van der Waals surface area contributed by atoms with Crippen LogP contribution in [0.15, 0.2) is 71.3 Å². The summed E-state index contributed by atoms with van der Waals surface area (Å²) in [6, 6.07) is 19.9. The molecule has 146 valence electrons. The first-order chi connectivity index (χ1) is 14.1. The Morgan fingerprint density at radius 2 is 1.86 bits per heavy atom. The van der Waals surface area contributed by atoms with Gasteiger partial charge in [-0.25, -0.2) is 0 Å². The van der Waals surface area contributed by atoms with Crippen LogP contribution in [0.5, 0.6) is 5.75 Å². The van der Waals surface area contributed by atoms with Gasteiger partial charge in [0.15, 0.2) is 11.2 Å². The van der Waals surface area contributed by atoms with Crippen LogP contribution in [-0.2, 0) is 15.9 Å². The summed E-state index contributed by atoms with van der Waals surface area (Å²) in [4.78, 5) is 4.51. The molecule has 0 radical (unpaired) electrons. The lowest BCUT2D eigenvalue weighted by atomic mass is 9.72. The molecule has 0 amide bonds. The number of pyridine rings is 1. The molecule has 2 fully saturated rings. The molecule has 3 heterocycles. The van der Waals surface area contributed by atoms with Crippen LogP contribution in [0.25, 0.3) is 0 Å². The molecule has 1 aromatic heterocycles. The van der Waals surface area contributed by atoms with E-state index in [2.05, 4.69) is 33.0 Å². The van der Waals surface area contributed by atoms with Gasteiger partial charge in [-0.1, -0.05) is 70.0 Å². The summed E-state index contributed by atoms with van der Waals surface area (Å²) in [7, 11) is 0. The molecular formula is C23H17BrClNO3. The minimum atomic E-state index is -1.41. The SMILES string of the molecule is OC12c3ncc(Cl)cc3OC1(c1ccc(Br)cc1)C(c1ccccc1)C1COC12. The Kier molecular flexibility index (Phi) is 3.73. The molecule has 1 saturated heterocycles. The maximum Gasteiger partial charge on any atom is 0.181 e. The largest absolute Gasteiger partial charge is 0.476 e. The summed E-state index contributed by atoms with van der Waals surface area (Å²) in [5.74, 6) is 0.538. The molecule has 1 saturated carbocycles. The number of ether oxygens (including phenoxy) is 2. The maximum atomic E-state index is 12.3. The van der Waals surface area contributed by atoms with E-state index in [0.717, 1.165) is 15.6 Å². The molecule has 5 atom stereocenters. The van der Waals surface area contributed by atoms with Crippen LogP contribution in [0.3, 0.4) is 0 Å². The third-order valence-electron chi connectivity index (χ3n) is 6.58. The van der Waals surface area contributed by atoms with Gasteiger partial charge in [-0.15, -0.1) is 0 Å². The average molecular weight is 471 g/mol. The molecule has 6 heteroatoms. The Morgan fingerprint density at radius 1 is 1.10 bits per heavy atom. The lowest BCUT2D eigenvalue weighted by Crippen LogP contribution is -2.54. The van der Waals surface area contributed by atoms with Crippen molar-refractivity contribution >= 4 is 27.5 Å². The average Bonchev–Trinajstić information content (AvgIpc) is 3.02. The predicted octanol–water partition coefficient (Wildman–Crippen LogP) is 4.79. The van der Waals surface area contributed by atoms with E-state index >= 15 is 0 Å². The Hall–Kier alpha value is -1.92. The maximum absolute atomic E-state index is 12.3. The normalized spacial score (nSPS) is 34.0. The topological polar surface area (TPSA) is 51.6 Å². The van der Waals surface area contributed by atoms with E-state index < -0.39 is 17.3 Å². The van der Waals surface area contributed by atoms with E-state index in [1.54, 1.807) is 12.3 Å². The molecule has 2 aliphatic heterocycles. The van der Waals surface area contributed by atoms with Gasteiger partial charge in [0.05, 0.1) is 11.6 Å². The number of aliphatic hydroxyl groups is 1. The number of fused-ring (bicyclic) bond motifs is 5. The van der Waals surface area contributed by atoms with Crippen molar-refractivity contribution in [3.8, 4) is 5.75 Å². The minimum Gasteiger partial charge on any atom is -0.476 e. The Bertz CT molecular complexity index is 1110. The monoisotopic (exact) mass is 469 g/mol. The van der Waals surface area contributed by atoms with Crippen molar-refractivity contribution in [2.24, 2.45) is 5.92 Å². The van der Waals surface area contributed by atoms with Crippen molar-refractivity contribution in [1.29, 1.82) is 0 Å². The van der Waals surface area contributed by atoms with E-state index in [1.807, 2.05) is 42.5 Å². The second-order valence-corrected chi connectivity index (χ2v) is 9.27. The van der Waals surface area contributed by atoms with E-state index in [-0.39, 0.29) is 11.8 Å². The van der Waals surface area contributed by atoms with E-state index in [4.69, 9.17) is 21.1 Å². The van der Waals surface area contributed by atoms with E-state index in [9.17, 15) is 5.11 Å². The number of aromatic nitrogens is 1. The van der Waals surface area contributed by atoms with E-state index in [1.165, 1.54) is 0 Å². The molecule has 29 heavy (non-hydrogen) atoms. The van der Waals surface area contributed by atoms with Gasteiger partial charge in [-0.3, -0.25) is 4.98 Å². The molecule has 4 nitrogen and oxygen atoms in total. The molecule has 3 aliphatic rings. The van der Waals surface area contributed by atoms with E-state index in [0.29, 0.717) is 23.1 Å². The van der Waals surface area contributed by atoms with Gasteiger partial charge in [0.1, 0.15) is 17.5 Å². The third kappa shape index (κ3) is 2.14.